The largest absolute Gasteiger partial charge is 0.384 e. The highest BCUT2D eigenvalue weighted by molar-refractivity contribution is 7.91. The molecule has 0 atom stereocenters. The molecule has 1 amide bonds. The summed E-state index contributed by atoms with van der Waals surface area (Å²) >= 11 is 0. The molecule has 0 bridgehead atoms. The number of hydrogen-bond acceptors (Lipinski definition) is 5. The van der Waals surface area contributed by atoms with Crippen LogP contribution in [0.4, 0.5) is 0 Å². The number of methoxy groups -OCH3 is 1. The van der Waals surface area contributed by atoms with Crippen molar-refractivity contribution < 1.29 is 17.9 Å². The summed E-state index contributed by atoms with van der Waals surface area (Å²) in [6.07, 6.45) is 0. The first kappa shape index (κ1) is 15.4. The molecule has 1 aliphatic heterocycles. The molecule has 1 rings (SSSR count). The number of ether oxygens (including phenoxy) is 1. The van der Waals surface area contributed by atoms with Crippen LogP contribution in [0.3, 0.4) is 0 Å². The highest BCUT2D eigenvalue weighted by atomic mass is 32.2. The van der Waals surface area contributed by atoms with Gasteiger partial charge in [0.15, 0.2) is 9.84 Å². The van der Waals surface area contributed by atoms with Crippen LogP contribution in [-0.4, -0.2) is 70.6 Å². The van der Waals surface area contributed by atoms with E-state index in [4.69, 9.17) is 4.74 Å². The van der Waals surface area contributed by atoms with Gasteiger partial charge in [0.1, 0.15) is 0 Å². The second-order valence-corrected chi connectivity index (χ2v) is 6.79. The van der Waals surface area contributed by atoms with Crippen molar-refractivity contribution in [2.45, 2.75) is 6.92 Å². The van der Waals surface area contributed by atoms with E-state index in [0.29, 0.717) is 0 Å². The normalized spacial score (nSPS) is 17.4. The minimum Gasteiger partial charge on any atom is -0.384 e. The molecule has 0 aromatic heterocycles. The van der Waals surface area contributed by atoms with Crippen LogP contribution >= 0.6 is 0 Å². The lowest BCUT2D eigenvalue weighted by atomic mass is 9.99. The minimum absolute atomic E-state index is 0.00636. The molecule has 7 heteroatoms. The lowest BCUT2D eigenvalue weighted by Gasteiger charge is -2.37. The smallest absolute Gasteiger partial charge is 0.225 e. The fourth-order valence-electron chi connectivity index (χ4n) is 1.78. The third-order valence-corrected chi connectivity index (χ3v) is 4.70. The highest BCUT2D eigenvalue weighted by Gasteiger charge is 2.31. The zero-order valence-electron chi connectivity index (χ0n) is 11.0. The molecule has 0 aromatic carbocycles. The van der Waals surface area contributed by atoms with Crippen LogP contribution in [0, 0.1) is 5.92 Å². The van der Waals surface area contributed by atoms with Crippen LogP contribution in [0.1, 0.15) is 6.92 Å². The van der Waals surface area contributed by atoms with E-state index in [2.05, 4.69) is 17.1 Å². The van der Waals surface area contributed by atoms with Gasteiger partial charge >= 0.3 is 0 Å². The number of likely N-dealkylation sites (tertiary alicyclic amines) is 1. The van der Waals surface area contributed by atoms with Crippen molar-refractivity contribution in [1.29, 1.82) is 0 Å². The molecule has 0 aromatic rings. The summed E-state index contributed by atoms with van der Waals surface area (Å²) in [6.45, 7) is 4.95. The topological polar surface area (TPSA) is 75.7 Å². The Morgan fingerprint density at radius 1 is 1.39 bits per heavy atom. The second-order valence-electron chi connectivity index (χ2n) is 4.48. The van der Waals surface area contributed by atoms with E-state index in [0.717, 1.165) is 19.6 Å². The van der Waals surface area contributed by atoms with Crippen LogP contribution < -0.4 is 5.32 Å². The Hall–Kier alpha value is -0.660. The zero-order valence-corrected chi connectivity index (χ0v) is 11.8. The summed E-state index contributed by atoms with van der Waals surface area (Å²) in [6, 6.07) is 0. The summed E-state index contributed by atoms with van der Waals surface area (Å²) in [5.41, 5.74) is 0. The summed E-state index contributed by atoms with van der Waals surface area (Å²) in [5, 5.41) is 2.68. The third-order valence-electron chi connectivity index (χ3n) is 3.09. The monoisotopic (exact) mass is 278 g/mol. The lowest BCUT2D eigenvalue weighted by Crippen LogP contribution is -2.53. The first-order valence-electron chi connectivity index (χ1n) is 6.18. The van der Waals surface area contributed by atoms with Crippen LogP contribution in [0.2, 0.25) is 0 Å². The van der Waals surface area contributed by atoms with Gasteiger partial charge in [0.05, 0.1) is 24.0 Å². The van der Waals surface area contributed by atoms with Crippen molar-refractivity contribution in [3.05, 3.63) is 0 Å². The van der Waals surface area contributed by atoms with E-state index in [1.54, 1.807) is 0 Å². The van der Waals surface area contributed by atoms with Gasteiger partial charge in [0.2, 0.25) is 5.91 Å². The summed E-state index contributed by atoms with van der Waals surface area (Å²) in [5.74, 6) is -0.0353. The number of amides is 1. The molecule has 0 spiro atoms. The fourth-order valence-corrected chi connectivity index (χ4v) is 2.82. The van der Waals surface area contributed by atoms with Gasteiger partial charge in [0, 0.05) is 26.7 Å². The Balaban J connectivity index is 2.16. The molecule has 1 fully saturated rings. The predicted molar refractivity (Wildman–Crippen MR) is 69.1 cm³/mol. The van der Waals surface area contributed by atoms with Crippen molar-refractivity contribution in [3.8, 4) is 0 Å². The van der Waals surface area contributed by atoms with Crippen molar-refractivity contribution in [2.75, 3.05) is 51.4 Å². The number of nitrogens with one attached hydrogen (secondary N) is 1. The van der Waals surface area contributed by atoms with Crippen molar-refractivity contribution in [3.63, 3.8) is 0 Å². The standard InChI is InChI=1S/C11H22N2O4S/c1-3-13-8-10(9-13)11(14)12-4-6-18(15,16)7-5-17-2/h10H,3-9H2,1-2H3,(H,12,14). The van der Waals surface area contributed by atoms with Gasteiger partial charge in [-0.25, -0.2) is 8.42 Å². The van der Waals surface area contributed by atoms with Crippen LogP contribution in [0.5, 0.6) is 0 Å². The maximum absolute atomic E-state index is 11.6. The van der Waals surface area contributed by atoms with Crippen LogP contribution in [0.15, 0.2) is 0 Å². The van der Waals surface area contributed by atoms with E-state index >= 15 is 0 Å². The minimum atomic E-state index is -3.12. The van der Waals surface area contributed by atoms with Crippen molar-refractivity contribution in [2.24, 2.45) is 5.92 Å². The Labute approximate surface area is 109 Å². The van der Waals surface area contributed by atoms with E-state index in [1.807, 2.05) is 0 Å². The number of hydrogen-bond donors (Lipinski definition) is 1. The lowest BCUT2D eigenvalue weighted by molar-refractivity contribution is -0.129. The average Bonchev–Trinajstić information content (AvgIpc) is 2.25. The molecule has 1 aliphatic rings. The molecular weight excluding hydrogens is 256 g/mol. The van der Waals surface area contributed by atoms with E-state index in [1.165, 1.54) is 7.11 Å². The number of sulfone groups is 1. The fraction of sp³-hybridized carbons (Fsp3) is 0.909. The summed E-state index contributed by atoms with van der Waals surface area (Å²) in [4.78, 5) is 13.8. The molecule has 0 aliphatic carbocycles. The maximum atomic E-state index is 11.6. The van der Waals surface area contributed by atoms with E-state index < -0.39 is 9.84 Å². The highest BCUT2D eigenvalue weighted by Crippen LogP contribution is 2.14. The quantitative estimate of drug-likeness (QED) is 0.624. The van der Waals surface area contributed by atoms with E-state index in [-0.39, 0.29) is 36.5 Å². The Morgan fingerprint density at radius 3 is 2.61 bits per heavy atom. The summed E-state index contributed by atoms with van der Waals surface area (Å²) < 4.78 is 27.7. The maximum Gasteiger partial charge on any atom is 0.225 e. The molecule has 0 unspecified atom stereocenters. The first-order chi connectivity index (χ1) is 8.48. The zero-order chi connectivity index (χ0) is 13.6. The molecule has 0 saturated carbocycles. The molecule has 0 radical (unpaired) electrons. The molecular formula is C11H22N2O4S. The number of nitrogens with zero attached hydrogens (tertiary/aromatic N) is 1. The molecule has 6 nitrogen and oxygen atoms in total. The van der Waals surface area contributed by atoms with Crippen molar-refractivity contribution in [1.82, 2.24) is 10.2 Å². The number of carbonyl (C=O) groups is 1. The summed E-state index contributed by atoms with van der Waals surface area (Å²) in [7, 11) is -1.65. The number of rotatable bonds is 8. The van der Waals surface area contributed by atoms with E-state index in [9.17, 15) is 13.2 Å². The Bertz CT molecular complexity index is 363. The SMILES string of the molecule is CCN1CC(C(=O)NCCS(=O)(=O)CCOC)C1. The van der Waals surface area contributed by atoms with Gasteiger partial charge in [-0.3, -0.25) is 4.79 Å². The van der Waals surface area contributed by atoms with Gasteiger partial charge in [-0.05, 0) is 6.54 Å². The predicted octanol–water partition coefficient (Wildman–Crippen LogP) is -0.884. The van der Waals surface area contributed by atoms with Crippen LogP contribution in [0.25, 0.3) is 0 Å². The molecule has 1 heterocycles. The molecule has 18 heavy (non-hydrogen) atoms. The van der Waals surface area contributed by atoms with Crippen LogP contribution in [-0.2, 0) is 19.4 Å². The van der Waals surface area contributed by atoms with Gasteiger partial charge in [-0.1, -0.05) is 6.92 Å². The van der Waals surface area contributed by atoms with Gasteiger partial charge in [-0.2, -0.15) is 0 Å². The Kier molecular flexibility index (Phi) is 6.04. The number of carbonyl (C=O) groups excluding carboxylic acids is 1. The van der Waals surface area contributed by atoms with Gasteiger partial charge < -0.3 is 15.0 Å². The van der Waals surface area contributed by atoms with Gasteiger partial charge in [-0.15, -0.1) is 0 Å². The third kappa shape index (κ3) is 4.91. The first-order valence-corrected chi connectivity index (χ1v) is 8.00. The Morgan fingerprint density at radius 2 is 2.06 bits per heavy atom. The van der Waals surface area contributed by atoms with Crippen molar-refractivity contribution >= 4 is 15.7 Å². The molecule has 1 N–H and O–H groups in total. The van der Waals surface area contributed by atoms with Gasteiger partial charge in [0.25, 0.3) is 0 Å². The average molecular weight is 278 g/mol. The second kappa shape index (κ2) is 7.06. The molecule has 106 valence electrons. The molecule has 1 saturated heterocycles.